The molecule has 2 N–H and O–H groups in total. The van der Waals surface area contributed by atoms with Gasteiger partial charge in [0.05, 0.1) is 13.2 Å². The van der Waals surface area contributed by atoms with Crippen LogP contribution in [0.5, 0.6) is 0 Å². The van der Waals surface area contributed by atoms with Crippen molar-refractivity contribution in [3.8, 4) is 0 Å². The third-order valence-corrected chi connectivity index (χ3v) is 5.14. The van der Waals surface area contributed by atoms with Crippen LogP contribution in [-0.2, 0) is 24.0 Å². The lowest BCUT2D eigenvalue weighted by molar-refractivity contribution is 0.00312. The van der Waals surface area contributed by atoms with Gasteiger partial charge < -0.3 is 10.5 Å². The first-order valence-corrected chi connectivity index (χ1v) is 9.40. The van der Waals surface area contributed by atoms with Crippen LogP contribution in [0, 0.1) is 18.6 Å². The maximum Gasteiger partial charge on any atom is 0.162 e. The molecule has 1 aromatic heterocycles. The van der Waals surface area contributed by atoms with Crippen molar-refractivity contribution >= 4 is 5.82 Å². The summed E-state index contributed by atoms with van der Waals surface area (Å²) < 4.78 is 33.9. The summed E-state index contributed by atoms with van der Waals surface area (Å²) in [5.74, 6) is -1.10. The van der Waals surface area contributed by atoms with Crippen molar-refractivity contribution in [2.45, 2.75) is 38.6 Å². The van der Waals surface area contributed by atoms with Gasteiger partial charge in [-0.1, -0.05) is 6.07 Å². The maximum absolute atomic E-state index is 14.3. The number of nitrogen functional groups attached to an aromatic ring is 1. The first-order chi connectivity index (χ1) is 12.9. The molecular weight excluding hydrogens is 348 g/mol. The fraction of sp³-hybridized carbons (Fsp3) is 0.476. The van der Waals surface area contributed by atoms with Crippen molar-refractivity contribution in [1.82, 2.24) is 9.88 Å². The van der Waals surface area contributed by atoms with Crippen LogP contribution in [0.1, 0.15) is 28.8 Å². The summed E-state index contributed by atoms with van der Waals surface area (Å²) in [6, 6.07) is 7.12. The first kappa shape index (κ1) is 19.7. The average molecular weight is 375 g/mol. The van der Waals surface area contributed by atoms with E-state index < -0.39 is 11.6 Å². The van der Waals surface area contributed by atoms with Gasteiger partial charge >= 0.3 is 0 Å². The second-order valence-corrected chi connectivity index (χ2v) is 7.36. The molecule has 1 atom stereocenters. The number of ether oxygens (including phenoxy) is 1. The van der Waals surface area contributed by atoms with Gasteiger partial charge in [0.2, 0.25) is 0 Å². The number of aryl methyl sites for hydroxylation is 4. The van der Waals surface area contributed by atoms with Gasteiger partial charge in [0.1, 0.15) is 5.82 Å². The Bertz CT molecular complexity index is 777. The SMILES string of the molecule is Cc1cc(N)nc(CCc2cc(CCC3COCCN3C)cc(F)c2F)c1. The van der Waals surface area contributed by atoms with Gasteiger partial charge in [0.15, 0.2) is 11.6 Å². The van der Waals surface area contributed by atoms with Crippen LogP contribution < -0.4 is 5.73 Å². The summed E-state index contributed by atoms with van der Waals surface area (Å²) in [5.41, 5.74) is 8.78. The maximum atomic E-state index is 14.3. The second kappa shape index (κ2) is 8.76. The number of anilines is 1. The molecule has 0 amide bonds. The topological polar surface area (TPSA) is 51.4 Å². The highest BCUT2D eigenvalue weighted by Gasteiger charge is 2.20. The Balaban J connectivity index is 1.67. The van der Waals surface area contributed by atoms with E-state index in [1.807, 2.05) is 13.0 Å². The van der Waals surface area contributed by atoms with Crippen LogP contribution in [0.3, 0.4) is 0 Å². The molecule has 6 heteroatoms. The molecule has 1 unspecified atom stereocenters. The summed E-state index contributed by atoms with van der Waals surface area (Å²) in [6.45, 7) is 4.28. The smallest absolute Gasteiger partial charge is 0.162 e. The van der Waals surface area contributed by atoms with E-state index in [0.29, 0.717) is 43.3 Å². The Kier molecular flexibility index (Phi) is 6.39. The van der Waals surface area contributed by atoms with Crippen LogP contribution in [0.25, 0.3) is 0 Å². The summed E-state index contributed by atoms with van der Waals surface area (Å²) in [7, 11) is 2.07. The molecule has 1 aromatic carbocycles. The minimum absolute atomic E-state index is 0.315. The number of nitrogens with two attached hydrogens (primary N) is 1. The molecular formula is C21H27F2N3O. The molecule has 2 heterocycles. The monoisotopic (exact) mass is 375 g/mol. The number of halogens is 2. The predicted octanol–water partition coefficient (Wildman–Crippen LogP) is 3.30. The predicted molar refractivity (Wildman–Crippen MR) is 103 cm³/mol. The van der Waals surface area contributed by atoms with Crippen molar-refractivity contribution in [2.75, 3.05) is 32.5 Å². The number of pyridine rings is 1. The van der Waals surface area contributed by atoms with E-state index in [-0.39, 0.29) is 0 Å². The number of hydrogen-bond donors (Lipinski definition) is 1. The van der Waals surface area contributed by atoms with Gasteiger partial charge in [-0.3, -0.25) is 4.90 Å². The molecule has 0 saturated carbocycles. The fourth-order valence-corrected chi connectivity index (χ4v) is 3.57. The Morgan fingerprint density at radius 3 is 2.74 bits per heavy atom. The number of hydrogen-bond acceptors (Lipinski definition) is 4. The largest absolute Gasteiger partial charge is 0.384 e. The highest BCUT2D eigenvalue weighted by Crippen LogP contribution is 2.20. The van der Waals surface area contributed by atoms with Gasteiger partial charge in [0.25, 0.3) is 0 Å². The molecule has 0 aliphatic carbocycles. The van der Waals surface area contributed by atoms with Crippen molar-refractivity contribution in [3.05, 3.63) is 58.3 Å². The molecule has 3 rings (SSSR count). The molecule has 0 spiro atoms. The summed E-state index contributed by atoms with van der Waals surface area (Å²) in [4.78, 5) is 6.53. The summed E-state index contributed by atoms with van der Waals surface area (Å²) in [6.07, 6.45) is 2.46. The van der Waals surface area contributed by atoms with E-state index in [1.165, 1.54) is 6.07 Å². The van der Waals surface area contributed by atoms with Crippen molar-refractivity contribution < 1.29 is 13.5 Å². The molecule has 27 heavy (non-hydrogen) atoms. The standard InChI is InChI=1S/C21H27F2N3O/c1-14-9-17(25-20(24)10-14)5-4-16-11-15(12-19(22)21(16)23)3-6-18-13-27-8-7-26(18)2/h9-12,18H,3-8,13H2,1-2H3,(H2,24,25). The third-order valence-electron chi connectivity index (χ3n) is 5.14. The highest BCUT2D eigenvalue weighted by molar-refractivity contribution is 5.35. The van der Waals surface area contributed by atoms with Gasteiger partial charge in [-0.15, -0.1) is 0 Å². The van der Waals surface area contributed by atoms with Crippen LogP contribution in [0.15, 0.2) is 24.3 Å². The van der Waals surface area contributed by atoms with E-state index in [1.54, 1.807) is 12.1 Å². The zero-order valence-electron chi connectivity index (χ0n) is 16.0. The molecule has 2 aromatic rings. The van der Waals surface area contributed by atoms with Crippen LogP contribution in [0.4, 0.5) is 14.6 Å². The Morgan fingerprint density at radius 1 is 1.19 bits per heavy atom. The first-order valence-electron chi connectivity index (χ1n) is 9.40. The third kappa shape index (κ3) is 5.23. The summed E-state index contributed by atoms with van der Waals surface area (Å²) in [5, 5.41) is 0. The van der Waals surface area contributed by atoms with E-state index in [0.717, 1.165) is 36.4 Å². The summed E-state index contributed by atoms with van der Waals surface area (Å²) >= 11 is 0. The van der Waals surface area contributed by atoms with Crippen LogP contribution in [-0.4, -0.2) is 42.7 Å². The fourth-order valence-electron chi connectivity index (χ4n) is 3.57. The lowest BCUT2D eigenvalue weighted by Gasteiger charge is -2.32. The van der Waals surface area contributed by atoms with Crippen LogP contribution in [0.2, 0.25) is 0 Å². The van der Waals surface area contributed by atoms with E-state index >= 15 is 0 Å². The normalized spacial score (nSPS) is 18.0. The molecule has 0 bridgehead atoms. The molecule has 1 saturated heterocycles. The minimum atomic E-state index is -0.785. The van der Waals surface area contributed by atoms with E-state index in [2.05, 4.69) is 16.9 Å². The second-order valence-electron chi connectivity index (χ2n) is 7.36. The van der Waals surface area contributed by atoms with Gasteiger partial charge in [-0.2, -0.15) is 0 Å². The number of rotatable bonds is 6. The van der Waals surface area contributed by atoms with Crippen molar-refractivity contribution in [2.24, 2.45) is 0 Å². The number of likely N-dealkylation sites (N-methyl/N-ethyl adjacent to an activating group) is 1. The van der Waals surface area contributed by atoms with Gasteiger partial charge in [0, 0.05) is 18.3 Å². The Hall–Kier alpha value is -2.05. The molecule has 0 radical (unpaired) electrons. The average Bonchev–Trinajstić information content (AvgIpc) is 2.62. The lowest BCUT2D eigenvalue weighted by Crippen LogP contribution is -2.42. The quantitative estimate of drug-likeness (QED) is 0.842. The Morgan fingerprint density at radius 2 is 2.00 bits per heavy atom. The number of morpholine rings is 1. The lowest BCUT2D eigenvalue weighted by atomic mass is 9.99. The number of benzene rings is 1. The molecule has 1 aliphatic rings. The number of aromatic nitrogens is 1. The van der Waals surface area contributed by atoms with Crippen molar-refractivity contribution in [3.63, 3.8) is 0 Å². The van der Waals surface area contributed by atoms with E-state index in [9.17, 15) is 8.78 Å². The zero-order chi connectivity index (χ0) is 19.4. The highest BCUT2D eigenvalue weighted by atomic mass is 19.2. The van der Waals surface area contributed by atoms with Crippen molar-refractivity contribution in [1.29, 1.82) is 0 Å². The molecule has 1 fully saturated rings. The van der Waals surface area contributed by atoms with Gasteiger partial charge in [-0.05, 0) is 74.5 Å². The van der Waals surface area contributed by atoms with E-state index in [4.69, 9.17) is 10.5 Å². The minimum Gasteiger partial charge on any atom is -0.384 e. The molecule has 4 nitrogen and oxygen atoms in total. The Labute approximate surface area is 159 Å². The molecule has 1 aliphatic heterocycles. The molecule has 146 valence electrons. The number of nitrogens with zero attached hydrogens (tertiary/aromatic N) is 2. The van der Waals surface area contributed by atoms with Crippen LogP contribution >= 0.6 is 0 Å². The zero-order valence-corrected chi connectivity index (χ0v) is 16.0. The van der Waals surface area contributed by atoms with Gasteiger partial charge in [-0.25, -0.2) is 13.8 Å².